The van der Waals surface area contributed by atoms with Crippen molar-refractivity contribution in [2.45, 2.75) is 36.4 Å². The second kappa shape index (κ2) is 10.7. The van der Waals surface area contributed by atoms with Gasteiger partial charge in [-0.15, -0.1) is 0 Å². The third kappa shape index (κ3) is 6.32. The van der Waals surface area contributed by atoms with Gasteiger partial charge in [-0.2, -0.15) is 4.39 Å². The minimum Gasteiger partial charge on any atom is -0.389 e. The number of rotatable bonds is 9. The maximum absolute atomic E-state index is 13.2. The van der Waals surface area contributed by atoms with Crippen LogP contribution < -0.4 is 10.0 Å². The van der Waals surface area contributed by atoms with Crippen molar-refractivity contribution in [2.24, 2.45) is 5.16 Å². The highest BCUT2D eigenvalue weighted by atomic mass is 32.2. The van der Waals surface area contributed by atoms with Crippen LogP contribution in [0.25, 0.3) is 0 Å². The van der Waals surface area contributed by atoms with Gasteiger partial charge in [0.2, 0.25) is 10.0 Å². The van der Waals surface area contributed by atoms with Crippen molar-refractivity contribution in [1.82, 2.24) is 9.71 Å². The number of carbonyl (C=O) groups is 1. The van der Waals surface area contributed by atoms with Crippen molar-refractivity contribution in [1.29, 1.82) is 0 Å². The molecular weight excluding hydrogens is 475 g/mol. The first-order valence-corrected chi connectivity index (χ1v) is 12.7. The highest BCUT2D eigenvalue weighted by molar-refractivity contribution is 7.89. The number of sulfonamides is 1. The van der Waals surface area contributed by atoms with Crippen LogP contribution in [0, 0.1) is 5.13 Å². The fraction of sp³-hybridized carbons (Fsp3) is 0.450. The van der Waals surface area contributed by atoms with E-state index in [1.807, 2.05) is 0 Å². The molecule has 0 bridgehead atoms. The Balaban J connectivity index is 1.50. The van der Waals surface area contributed by atoms with Gasteiger partial charge in [0.1, 0.15) is 0 Å². The molecule has 2 saturated heterocycles. The van der Waals surface area contributed by atoms with E-state index in [1.165, 1.54) is 24.3 Å². The molecule has 2 N–H and O–H groups in total. The van der Waals surface area contributed by atoms with E-state index < -0.39 is 21.1 Å². The fourth-order valence-electron chi connectivity index (χ4n) is 3.30. The number of benzene rings is 1. The van der Waals surface area contributed by atoms with E-state index in [1.54, 1.807) is 0 Å². The van der Waals surface area contributed by atoms with Crippen molar-refractivity contribution in [3.63, 3.8) is 0 Å². The average molecular weight is 499 g/mol. The Hall–Kier alpha value is -2.45. The maximum atomic E-state index is 13.2. The second-order valence-corrected chi connectivity index (χ2v) is 10.2. The van der Waals surface area contributed by atoms with E-state index in [-0.39, 0.29) is 34.5 Å². The standard InChI is InChI=1S/C20H23FN4O6S2/c21-17-11-22-20(32-17)24-19(26)18(25-31-15-7-9-29-12-15)13-3-5-16(6-4-13)33(27,28)23-10-14-2-1-8-30-14/h3-6,11,14-15,23H,1-2,7-10,12H2,(H,22,24,26)/t14-,15-/m1/s1. The molecule has 4 rings (SSSR count). The monoisotopic (exact) mass is 498 g/mol. The molecule has 0 aliphatic carbocycles. The molecule has 0 radical (unpaired) electrons. The van der Waals surface area contributed by atoms with E-state index in [9.17, 15) is 17.6 Å². The summed E-state index contributed by atoms with van der Waals surface area (Å²) in [4.78, 5) is 22.1. The Morgan fingerprint density at radius 3 is 2.73 bits per heavy atom. The summed E-state index contributed by atoms with van der Waals surface area (Å²) in [6.45, 7) is 1.71. The minimum absolute atomic E-state index is 0.0381. The van der Waals surface area contributed by atoms with E-state index >= 15 is 0 Å². The fourth-order valence-corrected chi connectivity index (χ4v) is 4.91. The van der Waals surface area contributed by atoms with Crippen LogP contribution in [0.4, 0.5) is 9.52 Å². The number of halogens is 1. The summed E-state index contributed by atoms with van der Waals surface area (Å²) in [5.74, 6) is -0.671. The molecule has 1 amide bonds. The summed E-state index contributed by atoms with van der Waals surface area (Å²) < 4.78 is 51.6. The lowest BCUT2D eigenvalue weighted by Gasteiger charge is -2.12. The number of nitrogens with one attached hydrogen (secondary N) is 2. The van der Waals surface area contributed by atoms with Crippen molar-refractivity contribution in [3.8, 4) is 0 Å². The van der Waals surface area contributed by atoms with Crippen LogP contribution in [0.2, 0.25) is 0 Å². The van der Waals surface area contributed by atoms with Crippen LogP contribution in [0.3, 0.4) is 0 Å². The molecule has 2 fully saturated rings. The molecule has 0 unspecified atom stereocenters. The number of anilines is 1. The SMILES string of the molecule is O=C(Nc1ncc(F)s1)C(=NO[C@@H]1CCOC1)c1ccc(S(=O)(=O)NC[C@H]2CCCO2)cc1. The number of carbonyl (C=O) groups excluding carboxylic acids is 1. The molecule has 33 heavy (non-hydrogen) atoms. The third-order valence-corrected chi connectivity index (χ3v) is 7.20. The number of aromatic nitrogens is 1. The molecule has 13 heteroatoms. The lowest BCUT2D eigenvalue weighted by molar-refractivity contribution is -0.110. The van der Waals surface area contributed by atoms with Crippen LogP contribution in [-0.2, 0) is 29.1 Å². The lowest BCUT2D eigenvalue weighted by atomic mass is 10.1. The van der Waals surface area contributed by atoms with Crippen molar-refractivity contribution in [3.05, 3.63) is 41.2 Å². The van der Waals surface area contributed by atoms with Gasteiger partial charge in [0.25, 0.3) is 5.91 Å². The van der Waals surface area contributed by atoms with E-state index in [0.29, 0.717) is 43.1 Å². The highest BCUT2D eigenvalue weighted by Gasteiger charge is 2.23. The molecule has 1 aromatic heterocycles. The first kappa shape index (κ1) is 23.7. The zero-order valence-electron chi connectivity index (χ0n) is 17.5. The van der Waals surface area contributed by atoms with E-state index in [4.69, 9.17) is 14.3 Å². The molecule has 10 nitrogen and oxygen atoms in total. The van der Waals surface area contributed by atoms with Crippen molar-refractivity contribution >= 4 is 38.1 Å². The molecule has 2 aromatic rings. The smallest absolute Gasteiger partial charge is 0.280 e. The summed E-state index contributed by atoms with van der Waals surface area (Å²) in [5, 5.41) is 5.97. The van der Waals surface area contributed by atoms with Crippen LogP contribution >= 0.6 is 11.3 Å². The van der Waals surface area contributed by atoms with Gasteiger partial charge in [-0.1, -0.05) is 28.6 Å². The van der Waals surface area contributed by atoms with Gasteiger partial charge < -0.3 is 14.3 Å². The van der Waals surface area contributed by atoms with Gasteiger partial charge in [0.15, 0.2) is 22.1 Å². The number of oxime groups is 1. The van der Waals surface area contributed by atoms with E-state index in [2.05, 4.69) is 20.2 Å². The Labute approximate surface area is 194 Å². The Morgan fingerprint density at radius 2 is 2.09 bits per heavy atom. The zero-order chi connectivity index (χ0) is 23.3. The van der Waals surface area contributed by atoms with E-state index in [0.717, 1.165) is 19.0 Å². The number of hydrogen-bond donors (Lipinski definition) is 2. The van der Waals surface area contributed by atoms with Crippen LogP contribution in [0.5, 0.6) is 0 Å². The number of nitrogens with zero attached hydrogens (tertiary/aromatic N) is 2. The maximum Gasteiger partial charge on any atom is 0.280 e. The Bertz CT molecular complexity index is 1090. The predicted octanol–water partition coefficient (Wildman–Crippen LogP) is 1.89. The average Bonchev–Trinajstić information content (AvgIpc) is 3.57. The van der Waals surface area contributed by atoms with Gasteiger partial charge in [0.05, 0.1) is 30.4 Å². The van der Waals surface area contributed by atoms with Gasteiger partial charge in [-0.05, 0) is 25.0 Å². The van der Waals surface area contributed by atoms with Gasteiger partial charge >= 0.3 is 0 Å². The number of hydrogen-bond acceptors (Lipinski definition) is 9. The minimum atomic E-state index is -3.75. The van der Waals surface area contributed by atoms with Crippen LogP contribution in [-0.4, -0.2) is 63.6 Å². The molecule has 0 spiro atoms. The predicted molar refractivity (Wildman–Crippen MR) is 118 cm³/mol. The molecule has 178 valence electrons. The quantitative estimate of drug-likeness (QED) is 0.399. The zero-order valence-corrected chi connectivity index (χ0v) is 19.2. The summed E-state index contributed by atoms with van der Waals surface area (Å²) >= 11 is 0.670. The largest absolute Gasteiger partial charge is 0.389 e. The van der Waals surface area contributed by atoms with Crippen molar-refractivity contribution < 1.29 is 31.9 Å². The van der Waals surface area contributed by atoms with Gasteiger partial charge in [-0.3, -0.25) is 10.1 Å². The number of thiazole rings is 1. The first-order valence-electron chi connectivity index (χ1n) is 10.4. The third-order valence-electron chi connectivity index (χ3n) is 5.06. The highest BCUT2D eigenvalue weighted by Crippen LogP contribution is 2.18. The molecule has 0 saturated carbocycles. The molecule has 2 aliphatic heterocycles. The van der Waals surface area contributed by atoms with Crippen LogP contribution in [0.1, 0.15) is 24.8 Å². The van der Waals surface area contributed by atoms with Crippen LogP contribution in [0.15, 0.2) is 40.5 Å². The van der Waals surface area contributed by atoms with Crippen molar-refractivity contribution in [2.75, 3.05) is 31.7 Å². The Kier molecular flexibility index (Phi) is 7.65. The number of amides is 1. The molecular formula is C20H23FN4O6S2. The van der Waals surface area contributed by atoms with Gasteiger partial charge in [-0.25, -0.2) is 18.1 Å². The summed E-state index contributed by atoms with van der Waals surface area (Å²) in [5.41, 5.74) is 0.218. The molecule has 3 heterocycles. The second-order valence-electron chi connectivity index (χ2n) is 7.47. The number of ether oxygens (including phenoxy) is 2. The molecule has 2 aliphatic rings. The lowest BCUT2D eigenvalue weighted by Crippen LogP contribution is -2.31. The first-order chi connectivity index (χ1) is 15.9. The summed E-state index contributed by atoms with van der Waals surface area (Å²) in [6.07, 6.45) is 2.91. The summed E-state index contributed by atoms with van der Waals surface area (Å²) in [7, 11) is -3.75. The summed E-state index contributed by atoms with van der Waals surface area (Å²) in [6, 6.07) is 5.65. The normalized spacial score (nSPS) is 21.3. The topological polar surface area (TPSA) is 128 Å². The Morgan fingerprint density at radius 1 is 1.27 bits per heavy atom. The molecule has 2 atom stereocenters. The molecule has 1 aromatic carbocycles. The van der Waals surface area contributed by atoms with Gasteiger partial charge in [0, 0.05) is 25.1 Å².